The number of aryl methyl sites for hydroxylation is 1. The Kier molecular flexibility index (Phi) is 7.09. The molecule has 5 rings (SSSR count). The Morgan fingerprint density at radius 3 is 2.21 bits per heavy atom. The second-order valence-corrected chi connectivity index (χ2v) is 9.34. The molecule has 39 heavy (non-hydrogen) atoms. The molecule has 1 atom stereocenters. The molecule has 8 nitrogen and oxygen atoms in total. The average Bonchev–Trinajstić information content (AvgIpc) is 2.96. The van der Waals surface area contributed by atoms with Crippen LogP contribution in [0.15, 0.2) is 71.5 Å². The van der Waals surface area contributed by atoms with Crippen LogP contribution < -0.4 is 10.5 Å². The van der Waals surface area contributed by atoms with Gasteiger partial charge in [0.15, 0.2) is 0 Å². The number of methoxy groups -OCH3 is 1. The van der Waals surface area contributed by atoms with Crippen molar-refractivity contribution in [2.45, 2.75) is 12.1 Å². The Balaban J connectivity index is 1.59. The Morgan fingerprint density at radius 1 is 1.03 bits per heavy atom. The molecule has 4 aromatic rings. The van der Waals surface area contributed by atoms with Crippen molar-refractivity contribution in [1.29, 1.82) is 5.26 Å². The van der Waals surface area contributed by atoms with Crippen molar-refractivity contribution in [2.24, 2.45) is 7.05 Å². The number of rotatable bonds is 5. The Morgan fingerprint density at radius 2 is 1.64 bits per heavy atom. The maximum absolute atomic E-state index is 13.8. The lowest BCUT2D eigenvalue weighted by atomic mass is 9.95. The standard InChI is InChI=1S/C29H25F2N5O3/c1-34-23-12-11-22(16-32)33-27(23)24(15-26(34)37)36-14-13-35(17-25(36)29(38)39-2)28(18-3-7-20(30)8-4-18)19-5-9-21(31)10-6-19/h3-12,15,25,28H,13-14,17H2,1-2H3. The van der Waals surface area contributed by atoms with Crippen molar-refractivity contribution in [1.82, 2.24) is 14.5 Å². The number of fused-ring (bicyclic) bond motifs is 1. The van der Waals surface area contributed by atoms with Gasteiger partial charge in [-0.2, -0.15) is 5.26 Å². The van der Waals surface area contributed by atoms with E-state index in [1.54, 1.807) is 42.3 Å². The molecule has 10 heteroatoms. The van der Waals surface area contributed by atoms with Crippen LogP contribution in [0.5, 0.6) is 0 Å². The molecule has 2 aromatic heterocycles. The first kappa shape index (κ1) is 26.0. The van der Waals surface area contributed by atoms with Crippen molar-refractivity contribution in [3.05, 3.63) is 106 Å². The minimum absolute atomic E-state index is 0.184. The van der Waals surface area contributed by atoms with E-state index in [0.717, 1.165) is 11.1 Å². The normalized spacial score (nSPS) is 15.9. The molecule has 0 spiro atoms. The third-order valence-corrected chi connectivity index (χ3v) is 7.11. The van der Waals surface area contributed by atoms with E-state index in [1.165, 1.54) is 48.1 Å². The summed E-state index contributed by atoms with van der Waals surface area (Å²) in [6.45, 7) is 0.960. The summed E-state index contributed by atoms with van der Waals surface area (Å²) in [5.74, 6) is -1.27. The molecule has 1 aliphatic rings. The fraction of sp³-hybridized carbons (Fsp3) is 0.241. The third kappa shape index (κ3) is 4.96. The smallest absolute Gasteiger partial charge is 0.329 e. The number of ether oxygens (including phenoxy) is 1. The van der Waals surface area contributed by atoms with Gasteiger partial charge in [0, 0.05) is 32.7 Å². The molecular formula is C29H25F2N5O3. The number of piperazine rings is 1. The molecule has 0 saturated carbocycles. The van der Waals surface area contributed by atoms with Gasteiger partial charge < -0.3 is 14.2 Å². The lowest BCUT2D eigenvalue weighted by molar-refractivity contribution is -0.143. The van der Waals surface area contributed by atoms with Gasteiger partial charge in [-0.1, -0.05) is 24.3 Å². The van der Waals surface area contributed by atoms with Crippen molar-refractivity contribution in [2.75, 3.05) is 31.6 Å². The number of benzene rings is 2. The quantitative estimate of drug-likeness (QED) is 0.365. The number of nitrogens with zero attached hydrogens (tertiary/aromatic N) is 5. The molecule has 1 saturated heterocycles. The van der Waals surface area contributed by atoms with Gasteiger partial charge in [-0.3, -0.25) is 9.69 Å². The number of esters is 1. The second kappa shape index (κ2) is 10.6. The molecular weight excluding hydrogens is 504 g/mol. The van der Waals surface area contributed by atoms with Crippen LogP contribution in [-0.4, -0.2) is 53.2 Å². The fourth-order valence-corrected chi connectivity index (χ4v) is 5.16. The number of aromatic nitrogens is 2. The maximum atomic E-state index is 13.8. The largest absolute Gasteiger partial charge is 0.467 e. The Hall–Kier alpha value is -4.62. The van der Waals surface area contributed by atoms with Gasteiger partial charge in [0.1, 0.15) is 35.0 Å². The highest BCUT2D eigenvalue weighted by Gasteiger charge is 2.38. The summed E-state index contributed by atoms with van der Waals surface area (Å²) in [7, 11) is 2.92. The summed E-state index contributed by atoms with van der Waals surface area (Å²) in [6, 6.07) is 17.6. The molecule has 1 aliphatic heterocycles. The zero-order valence-electron chi connectivity index (χ0n) is 21.3. The summed E-state index contributed by atoms with van der Waals surface area (Å²) in [6.07, 6.45) is 0. The lowest BCUT2D eigenvalue weighted by Crippen LogP contribution is -2.58. The summed E-state index contributed by atoms with van der Waals surface area (Å²) in [5, 5.41) is 9.42. The van der Waals surface area contributed by atoms with Gasteiger partial charge in [-0.25, -0.2) is 18.6 Å². The monoisotopic (exact) mass is 529 g/mol. The highest BCUT2D eigenvalue weighted by Crippen LogP contribution is 2.34. The van der Waals surface area contributed by atoms with Crippen LogP contribution in [0.1, 0.15) is 22.9 Å². The van der Waals surface area contributed by atoms with Crippen LogP contribution in [0.3, 0.4) is 0 Å². The van der Waals surface area contributed by atoms with Crippen LogP contribution in [0.2, 0.25) is 0 Å². The topological polar surface area (TPSA) is 91.5 Å². The van der Waals surface area contributed by atoms with Crippen LogP contribution in [-0.2, 0) is 16.6 Å². The molecule has 0 N–H and O–H groups in total. The molecule has 0 aliphatic carbocycles. The van der Waals surface area contributed by atoms with Crippen LogP contribution in [0.4, 0.5) is 14.5 Å². The van der Waals surface area contributed by atoms with Crippen molar-refractivity contribution in [3.8, 4) is 6.07 Å². The summed E-state index contributed by atoms with van der Waals surface area (Å²) in [4.78, 5) is 34.3. The number of halogens is 2. The van der Waals surface area contributed by atoms with E-state index in [4.69, 9.17) is 4.74 Å². The minimum Gasteiger partial charge on any atom is -0.467 e. The first-order valence-corrected chi connectivity index (χ1v) is 12.3. The van der Waals surface area contributed by atoms with Crippen LogP contribution in [0, 0.1) is 23.0 Å². The van der Waals surface area contributed by atoms with E-state index in [9.17, 15) is 23.6 Å². The molecule has 3 heterocycles. The molecule has 198 valence electrons. The van der Waals surface area contributed by atoms with Crippen molar-refractivity contribution in [3.63, 3.8) is 0 Å². The number of nitriles is 1. The second-order valence-electron chi connectivity index (χ2n) is 9.34. The van der Waals surface area contributed by atoms with Gasteiger partial charge in [0.25, 0.3) is 5.56 Å². The van der Waals surface area contributed by atoms with Gasteiger partial charge in [0.2, 0.25) is 0 Å². The van der Waals surface area contributed by atoms with Gasteiger partial charge in [0.05, 0.1) is 24.4 Å². The first-order chi connectivity index (χ1) is 18.8. The van der Waals surface area contributed by atoms with E-state index >= 15 is 0 Å². The highest BCUT2D eigenvalue weighted by atomic mass is 19.1. The van der Waals surface area contributed by atoms with E-state index in [-0.39, 0.29) is 29.4 Å². The number of pyridine rings is 2. The number of anilines is 1. The maximum Gasteiger partial charge on any atom is 0.329 e. The predicted octanol–water partition coefficient (Wildman–Crippen LogP) is 3.54. The van der Waals surface area contributed by atoms with E-state index in [1.807, 2.05) is 6.07 Å². The van der Waals surface area contributed by atoms with Crippen LogP contribution in [0.25, 0.3) is 11.0 Å². The number of hydrogen-bond donors (Lipinski definition) is 0. The molecule has 0 amide bonds. The molecule has 0 bridgehead atoms. The van der Waals surface area contributed by atoms with E-state index in [2.05, 4.69) is 9.88 Å². The molecule has 2 aromatic carbocycles. The van der Waals surface area contributed by atoms with E-state index < -0.39 is 18.1 Å². The highest BCUT2D eigenvalue weighted by molar-refractivity contribution is 5.91. The first-order valence-electron chi connectivity index (χ1n) is 12.3. The third-order valence-electron chi connectivity index (χ3n) is 7.11. The zero-order valence-corrected chi connectivity index (χ0v) is 21.3. The average molecular weight is 530 g/mol. The van der Waals surface area contributed by atoms with Gasteiger partial charge in [-0.15, -0.1) is 0 Å². The van der Waals surface area contributed by atoms with E-state index in [0.29, 0.717) is 29.8 Å². The number of carbonyl (C=O) groups is 1. The fourth-order valence-electron chi connectivity index (χ4n) is 5.16. The predicted molar refractivity (Wildman–Crippen MR) is 141 cm³/mol. The summed E-state index contributed by atoms with van der Waals surface area (Å²) < 4.78 is 34.1. The number of hydrogen-bond acceptors (Lipinski definition) is 7. The summed E-state index contributed by atoms with van der Waals surface area (Å²) in [5.41, 5.74) is 2.83. The van der Waals surface area contributed by atoms with Crippen molar-refractivity contribution >= 4 is 22.7 Å². The zero-order chi connectivity index (χ0) is 27.7. The van der Waals surface area contributed by atoms with Gasteiger partial charge >= 0.3 is 5.97 Å². The van der Waals surface area contributed by atoms with Crippen LogP contribution >= 0.6 is 0 Å². The molecule has 1 unspecified atom stereocenters. The lowest BCUT2D eigenvalue weighted by Gasteiger charge is -2.44. The minimum atomic E-state index is -0.824. The SMILES string of the molecule is COC(=O)C1CN(C(c2ccc(F)cc2)c2ccc(F)cc2)CCN1c1cc(=O)n(C)c2ccc(C#N)nc12. The summed E-state index contributed by atoms with van der Waals surface area (Å²) >= 11 is 0. The van der Waals surface area contributed by atoms with Gasteiger partial charge in [-0.05, 0) is 47.5 Å². The molecule has 1 fully saturated rings. The van der Waals surface area contributed by atoms with Crippen molar-refractivity contribution < 1.29 is 18.3 Å². The Bertz CT molecular complexity index is 1590. The molecule has 0 radical (unpaired) electrons. The Labute approximate surface area is 223 Å². The number of carbonyl (C=O) groups excluding carboxylic acids is 1.